The number of nitrogens with zero attached hydrogens (tertiary/aromatic N) is 9. The van der Waals surface area contributed by atoms with Crippen LogP contribution in [-0.2, 0) is 6.42 Å². The van der Waals surface area contributed by atoms with Gasteiger partial charge in [-0.2, -0.15) is 9.61 Å². The number of hydrogen-bond acceptors (Lipinski definition) is 6. The predicted molar refractivity (Wildman–Crippen MR) is 179 cm³/mol. The Morgan fingerprint density at radius 1 is 0.884 bits per heavy atom. The molecule has 2 fully saturated rings. The fourth-order valence-corrected chi connectivity index (χ4v) is 7.02. The Kier molecular flexibility index (Phi) is 8.50. The summed E-state index contributed by atoms with van der Waals surface area (Å²) in [5.41, 5.74) is 6.66. The van der Waals surface area contributed by atoms with Crippen molar-refractivity contribution in [3.63, 3.8) is 0 Å². The van der Waals surface area contributed by atoms with Gasteiger partial charge in [-0.25, -0.2) is 9.98 Å². The number of rotatable bonds is 2. The zero-order valence-corrected chi connectivity index (χ0v) is 26.9. The van der Waals surface area contributed by atoms with Crippen molar-refractivity contribution in [1.29, 1.82) is 0 Å². The highest BCUT2D eigenvalue weighted by Crippen LogP contribution is 2.39. The van der Waals surface area contributed by atoms with E-state index in [4.69, 9.17) is 21.7 Å². The molecule has 0 aliphatic carbocycles. The highest BCUT2D eigenvalue weighted by molar-refractivity contribution is 5.82. The summed E-state index contributed by atoms with van der Waals surface area (Å²) in [4.78, 5) is 21.6. The van der Waals surface area contributed by atoms with Crippen LogP contribution in [0.2, 0.25) is 0 Å². The maximum atomic E-state index is 5.27. The minimum atomic E-state index is 0.167. The Bertz CT molecular complexity index is 1470. The van der Waals surface area contributed by atoms with E-state index < -0.39 is 0 Å². The first kappa shape index (κ1) is 29.3. The van der Waals surface area contributed by atoms with Crippen molar-refractivity contribution >= 4 is 34.6 Å². The topological polar surface area (TPSA) is 58.8 Å². The first-order valence-electron chi connectivity index (χ1n) is 16.2. The van der Waals surface area contributed by atoms with Crippen LogP contribution in [0.4, 0.5) is 17.3 Å². The summed E-state index contributed by atoms with van der Waals surface area (Å²) < 4.78 is 2.09. The van der Waals surface area contributed by atoms with Gasteiger partial charge in [0, 0.05) is 84.8 Å². The lowest BCUT2D eigenvalue weighted by atomic mass is 9.94. The van der Waals surface area contributed by atoms with Gasteiger partial charge in [-0.1, -0.05) is 19.1 Å². The summed E-state index contributed by atoms with van der Waals surface area (Å²) in [7, 11) is 10.4. The molecule has 9 nitrogen and oxygen atoms in total. The lowest BCUT2D eigenvalue weighted by Gasteiger charge is -2.38. The molecular formula is C34H49N9. The molecule has 1 unspecified atom stereocenters. The number of guanidine groups is 1. The predicted octanol–water partition coefficient (Wildman–Crippen LogP) is 5.80. The van der Waals surface area contributed by atoms with Crippen LogP contribution in [0.15, 0.2) is 41.9 Å². The number of aryl methyl sites for hydroxylation is 1. The Morgan fingerprint density at radius 3 is 2.40 bits per heavy atom. The average Bonchev–Trinajstić information content (AvgIpc) is 3.69. The van der Waals surface area contributed by atoms with Crippen LogP contribution in [-0.4, -0.2) is 96.7 Å². The molecule has 0 radical (unpaired) electrons. The summed E-state index contributed by atoms with van der Waals surface area (Å²) in [5, 5.41) is 5.27. The second-order valence-electron chi connectivity index (χ2n) is 12.9. The molecule has 43 heavy (non-hydrogen) atoms. The van der Waals surface area contributed by atoms with Crippen LogP contribution in [0, 0.1) is 0 Å². The molecule has 2 bridgehead atoms. The third kappa shape index (κ3) is 6.04. The van der Waals surface area contributed by atoms with Crippen molar-refractivity contribution in [1.82, 2.24) is 29.3 Å². The molecule has 3 aliphatic heterocycles. The van der Waals surface area contributed by atoms with E-state index in [2.05, 4.69) is 66.4 Å². The van der Waals surface area contributed by atoms with Crippen molar-refractivity contribution in [2.45, 2.75) is 63.8 Å². The Labute approximate surface area is 257 Å². The highest BCUT2D eigenvalue weighted by Gasteiger charge is 2.30. The van der Waals surface area contributed by atoms with Gasteiger partial charge in [-0.05, 0) is 69.1 Å². The van der Waals surface area contributed by atoms with Gasteiger partial charge >= 0.3 is 0 Å². The normalized spacial score (nSPS) is 19.6. The van der Waals surface area contributed by atoms with Gasteiger partial charge in [0.2, 0.25) is 5.96 Å². The number of fused-ring (bicyclic) bond motifs is 4. The Balaban J connectivity index is 1.44. The minimum absolute atomic E-state index is 0.167. The monoisotopic (exact) mass is 583 g/mol. The van der Waals surface area contributed by atoms with Crippen molar-refractivity contribution in [3.05, 3.63) is 53.7 Å². The fourth-order valence-electron chi connectivity index (χ4n) is 7.02. The summed E-state index contributed by atoms with van der Waals surface area (Å²) in [5.74, 6) is 3.14. The Hall–Kier alpha value is -3.75. The molecule has 2 saturated heterocycles. The summed E-state index contributed by atoms with van der Waals surface area (Å²) in [6.07, 6.45) is 10.4. The lowest BCUT2D eigenvalue weighted by molar-refractivity contribution is 0.226. The third-order valence-electron chi connectivity index (χ3n) is 9.30. The van der Waals surface area contributed by atoms with Gasteiger partial charge in [0.1, 0.15) is 11.6 Å². The molecule has 0 saturated carbocycles. The number of aliphatic imine (C=N–C) groups is 1. The molecule has 1 atom stereocenters. The van der Waals surface area contributed by atoms with Crippen LogP contribution >= 0.6 is 0 Å². The number of aromatic nitrogens is 3. The first-order valence-corrected chi connectivity index (χ1v) is 16.2. The molecule has 230 valence electrons. The van der Waals surface area contributed by atoms with Gasteiger partial charge in [0.05, 0.1) is 17.4 Å². The zero-order valence-electron chi connectivity index (χ0n) is 26.9. The largest absolute Gasteiger partial charge is 0.363 e. The molecule has 3 aromatic rings. The highest BCUT2D eigenvalue weighted by atomic mass is 15.4. The fraction of sp³-hybridized carbons (Fsp3) is 0.559. The van der Waals surface area contributed by atoms with E-state index in [0.29, 0.717) is 0 Å². The van der Waals surface area contributed by atoms with Gasteiger partial charge in [0.25, 0.3) is 0 Å². The molecule has 6 rings (SSSR count). The van der Waals surface area contributed by atoms with Gasteiger partial charge in [0.15, 0.2) is 5.65 Å². The van der Waals surface area contributed by atoms with E-state index in [1.165, 1.54) is 36.8 Å². The SMILES string of the molecule is C=C1c2cc(N=C(N(C)C)N(C)C)ccc2CCCCCN(C)c2cc(N3CCCC3)nc3cc(nn23)C2CCCCN12. The number of hydrogen-bond donors (Lipinski definition) is 0. The van der Waals surface area contributed by atoms with E-state index in [0.717, 1.165) is 98.6 Å². The molecule has 1 aromatic carbocycles. The Morgan fingerprint density at radius 2 is 1.63 bits per heavy atom. The van der Waals surface area contributed by atoms with Crippen molar-refractivity contribution in [2.24, 2.45) is 4.99 Å². The van der Waals surface area contributed by atoms with Gasteiger partial charge in [-0.15, -0.1) is 0 Å². The quantitative estimate of drug-likeness (QED) is 0.279. The van der Waals surface area contributed by atoms with Crippen LogP contribution in [0.1, 0.15) is 74.2 Å². The van der Waals surface area contributed by atoms with E-state index >= 15 is 0 Å². The molecule has 5 heterocycles. The second-order valence-corrected chi connectivity index (χ2v) is 12.9. The smallest absolute Gasteiger partial charge is 0.200 e. The minimum Gasteiger partial charge on any atom is -0.363 e. The third-order valence-corrected chi connectivity index (χ3v) is 9.30. The average molecular weight is 584 g/mol. The number of anilines is 2. The lowest BCUT2D eigenvalue weighted by Crippen LogP contribution is -2.35. The maximum Gasteiger partial charge on any atom is 0.200 e. The molecule has 0 spiro atoms. The van der Waals surface area contributed by atoms with E-state index in [1.807, 2.05) is 28.2 Å². The first-order chi connectivity index (χ1) is 20.8. The molecular weight excluding hydrogens is 534 g/mol. The summed E-state index contributed by atoms with van der Waals surface area (Å²) in [6, 6.07) is 11.4. The van der Waals surface area contributed by atoms with Gasteiger partial charge < -0.3 is 24.5 Å². The zero-order chi connectivity index (χ0) is 30.1. The number of piperidine rings is 1. The molecule has 9 heteroatoms. The molecule has 0 amide bonds. The maximum absolute atomic E-state index is 5.27. The summed E-state index contributed by atoms with van der Waals surface area (Å²) >= 11 is 0. The van der Waals surface area contributed by atoms with Crippen molar-refractivity contribution < 1.29 is 0 Å². The summed E-state index contributed by atoms with van der Waals surface area (Å²) in [6.45, 7) is 8.89. The van der Waals surface area contributed by atoms with Crippen LogP contribution in [0.5, 0.6) is 0 Å². The van der Waals surface area contributed by atoms with Gasteiger partial charge in [-0.3, -0.25) is 0 Å². The van der Waals surface area contributed by atoms with E-state index in [1.54, 1.807) is 0 Å². The molecule has 0 N–H and O–H groups in total. The van der Waals surface area contributed by atoms with Crippen molar-refractivity contribution in [3.8, 4) is 0 Å². The van der Waals surface area contributed by atoms with Crippen LogP contribution in [0.25, 0.3) is 11.3 Å². The van der Waals surface area contributed by atoms with E-state index in [9.17, 15) is 0 Å². The second kappa shape index (κ2) is 12.5. The van der Waals surface area contributed by atoms with Crippen LogP contribution < -0.4 is 9.80 Å². The molecule has 3 aliphatic rings. The van der Waals surface area contributed by atoms with E-state index in [-0.39, 0.29) is 6.04 Å². The number of benzene rings is 1. The van der Waals surface area contributed by atoms with Crippen LogP contribution in [0.3, 0.4) is 0 Å². The standard InChI is InChI=1S/C34H49N9/c1-25-28-22-27(35-34(38(2)3)39(4)5)17-16-26(28)14-8-7-10-18-40(6)33-24-31(41-19-12-13-20-41)36-32-23-29(37-43(32)33)30-15-9-11-21-42(25)30/h16-17,22-24,30H,1,7-15,18-21H2,2-6H3. The van der Waals surface area contributed by atoms with Crippen molar-refractivity contribution in [2.75, 3.05) is 71.2 Å². The molecule has 2 aromatic heterocycles.